The summed E-state index contributed by atoms with van der Waals surface area (Å²) in [7, 11) is 2.72. The number of benzene rings is 1. The van der Waals surface area contributed by atoms with Gasteiger partial charge in [0.2, 0.25) is 5.16 Å². The molecule has 2 aromatic rings. The first-order valence-corrected chi connectivity index (χ1v) is 7.77. The number of aryl methyl sites for hydroxylation is 1. The summed E-state index contributed by atoms with van der Waals surface area (Å²) in [6.07, 6.45) is 2.07. The van der Waals surface area contributed by atoms with Crippen molar-refractivity contribution in [3.8, 4) is 17.2 Å². The van der Waals surface area contributed by atoms with Crippen molar-refractivity contribution < 1.29 is 24.5 Å². The maximum atomic E-state index is 11.9. The number of ether oxygens (including phenoxy) is 2. The van der Waals surface area contributed by atoms with Crippen molar-refractivity contribution in [2.24, 2.45) is 0 Å². The Labute approximate surface area is 142 Å². The van der Waals surface area contributed by atoms with E-state index >= 15 is 0 Å². The number of hydrogen-bond acceptors (Lipinski definition) is 7. The fourth-order valence-electron chi connectivity index (χ4n) is 1.85. The maximum Gasteiger partial charge on any atom is 0.342 e. The number of H-pyrrole nitrogens is 1. The van der Waals surface area contributed by atoms with Crippen LogP contribution in [-0.4, -0.2) is 40.5 Å². The summed E-state index contributed by atoms with van der Waals surface area (Å²) in [5, 5.41) is 28.3. The third-order valence-corrected chi connectivity index (χ3v) is 3.92. The van der Waals surface area contributed by atoms with E-state index in [4.69, 9.17) is 9.47 Å². The van der Waals surface area contributed by atoms with E-state index in [9.17, 15) is 15.0 Å². The Balaban J connectivity index is 2.38. The van der Waals surface area contributed by atoms with Crippen molar-refractivity contribution in [2.45, 2.75) is 18.5 Å². The highest BCUT2D eigenvalue weighted by atomic mass is 32.2. The van der Waals surface area contributed by atoms with E-state index in [1.54, 1.807) is 0 Å². The van der Waals surface area contributed by atoms with Crippen molar-refractivity contribution in [1.82, 2.24) is 15.2 Å². The summed E-state index contributed by atoms with van der Waals surface area (Å²) in [6, 6.07) is 2.90. The molecule has 0 aliphatic heterocycles. The molecule has 1 aromatic heterocycles. The fourth-order valence-corrected chi connectivity index (χ4v) is 2.58. The zero-order valence-electron chi connectivity index (χ0n) is 13.3. The van der Waals surface area contributed by atoms with E-state index in [0.717, 1.165) is 11.8 Å². The molecule has 24 heavy (non-hydrogen) atoms. The van der Waals surface area contributed by atoms with Crippen LogP contribution in [0.4, 0.5) is 0 Å². The number of rotatable bonds is 7. The van der Waals surface area contributed by atoms with Gasteiger partial charge in [0.1, 0.15) is 22.2 Å². The minimum Gasteiger partial charge on any atom is -0.867 e. The molecular formula is C15H16N3O5S-. The molecule has 0 radical (unpaired) electrons. The smallest absolute Gasteiger partial charge is 0.342 e. The third kappa shape index (κ3) is 3.99. The van der Waals surface area contributed by atoms with Gasteiger partial charge >= 0.3 is 5.97 Å². The number of aromatic amines is 1. The molecule has 2 N–H and O–H groups in total. The van der Waals surface area contributed by atoms with Gasteiger partial charge in [-0.1, -0.05) is 6.92 Å². The van der Waals surface area contributed by atoms with Gasteiger partial charge < -0.3 is 19.7 Å². The highest BCUT2D eigenvalue weighted by Gasteiger charge is 2.14. The lowest BCUT2D eigenvalue weighted by Gasteiger charge is -2.17. The van der Waals surface area contributed by atoms with E-state index in [-0.39, 0.29) is 16.4 Å². The van der Waals surface area contributed by atoms with Crippen molar-refractivity contribution in [3.05, 3.63) is 28.4 Å². The van der Waals surface area contributed by atoms with Crippen molar-refractivity contribution >= 4 is 23.8 Å². The van der Waals surface area contributed by atoms with Crippen molar-refractivity contribution in [3.63, 3.8) is 0 Å². The minimum absolute atomic E-state index is 0.000548. The number of carbonyl (C=O) groups is 1. The number of carboxylic acids is 1. The summed E-state index contributed by atoms with van der Waals surface area (Å²) >= 11 is 0.907. The summed E-state index contributed by atoms with van der Waals surface area (Å²) in [5.74, 6) is -0.723. The maximum absolute atomic E-state index is 11.9. The highest BCUT2D eigenvalue weighted by Crippen LogP contribution is 2.36. The van der Waals surface area contributed by atoms with E-state index in [2.05, 4.69) is 15.2 Å². The Hall–Kier alpha value is -2.68. The van der Waals surface area contributed by atoms with Crippen LogP contribution < -0.4 is 14.6 Å². The van der Waals surface area contributed by atoms with Crippen molar-refractivity contribution in [2.75, 3.05) is 14.2 Å². The Morgan fingerprint density at radius 3 is 2.46 bits per heavy atom. The average molecular weight is 350 g/mol. The van der Waals surface area contributed by atoms with Gasteiger partial charge in [0, 0.05) is 6.42 Å². The quantitative estimate of drug-likeness (QED) is 0.571. The van der Waals surface area contributed by atoms with E-state index in [0.29, 0.717) is 23.0 Å². The largest absolute Gasteiger partial charge is 0.867 e. The van der Waals surface area contributed by atoms with Crippen LogP contribution in [0.5, 0.6) is 17.2 Å². The lowest BCUT2D eigenvalue weighted by Crippen LogP contribution is -2.01. The van der Waals surface area contributed by atoms with Crippen molar-refractivity contribution in [1.29, 1.82) is 0 Å². The fraction of sp³-hybridized carbons (Fsp3) is 0.267. The molecule has 0 saturated carbocycles. The number of thioether (sulfide) groups is 1. The molecule has 0 aliphatic rings. The van der Waals surface area contributed by atoms with Crippen LogP contribution in [0.1, 0.15) is 18.3 Å². The van der Waals surface area contributed by atoms with Gasteiger partial charge in [0.15, 0.2) is 0 Å². The number of hydrogen-bond donors (Lipinski definition) is 2. The number of carboxylic acid groups (broad SMARTS) is 1. The molecule has 0 saturated heterocycles. The van der Waals surface area contributed by atoms with E-state index in [1.807, 2.05) is 6.92 Å². The van der Waals surface area contributed by atoms with Crippen LogP contribution in [0.15, 0.2) is 22.2 Å². The average Bonchev–Trinajstić information content (AvgIpc) is 3.03. The van der Waals surface area contributed by atoms with E-state index in [1.165, 1.54) is 32.4 Å². The molecular weight excluding hydrogens is 334 g/mol. The van der Waals surface area contributed by atoms with Gasteiger partial charge in [0.05, 0.1) is 14.2 Å². The first-order chi connectivity index (χ1) is 11.5. The molecule has 0 atom stereocenters. The number of aliphatic carboxylic acids is 1. The van der Waals surface area contributed by atoms with Crippen LogP contribution >= 0.6 is 11.8 Å². The molecule has 9 heteroatoms. The topological polar surface area (TPSA) is 120 Å². The summed E-state index contributed by atoms with van der Waals surface area (Å²) < 4.78 is 10.0. The Bertz CT molecular complexity index is 747. The number of aromatic nitrogens is 3. The lowest BCUT2D eigenvalue weighted by molar-refractivity contribution is -0.271. The molecule has 0 fully saturated rings. The molecule has 0 spiro atoms. The Morgan fingerprint density at radius 2 is 2.00 bits per heavy atom. The molecule has 0 bridgehead atoms. The second-order valence-electron chi connectivity index (χ2n) is 4.59. The lowest BCUT2D eigenvalue weighted by atomic mass is 10.1. The highest BCUT2D eigenvalue weighted by molar-refractivity contribution is 8.04. The van der Waals surface area contributed by atoms with Crippen LogP contribution in [0.25, 0.3) is 6.08 Å². The normalized spacial score (nSPS) is 11.4. The Morgan fingerprint density at radius 1 is 1.38 bits per heavy atom. The van der Waals surface area contributed by atoms with Gasteiger partial charge in [-0.15, -0.1) is 5.10 Å². The van der Waals surface area contributed by atoms with Crippen LogP contribution in [0, 0.1) is 0 Å². The SMILES string of the molecule is CCc1nc(S/C(=C/c2cc(OC)c([O-])c(OC)c2)C(=O)O)n[nH]1. The molecule has 1 heterocycles. The van der Waals surface area contributed by atoms with Crippen LogP contribution in [0.3, 0.4) is 0 Å². The Kier molecular flexibility index (Phi) is 5.69. The van der Waals surface area contributed by atoms with Crippen LogP contribution in [-0.2, 0) is 11.2 Å². The predicted molar refractivity (Wildman–Crippen MR) is 86.2 cm³/mol. The minimum atomic E-state index is -1.13. The second kappa shape index (κ2) is 7.73. The number of nitrogens with one attached hydrogen (secondary N) is 1. The first-order valence-electron chi connectivity index (χ1n) is 6.95. The number of nitrogens with zero attached hydrogens (tertiary/aromatic N) is 2. The van der Waals surface area contributed by atoms with Gasteiger partial charge in [-0.2, -0.15) is 0 Å². The summed E-state index contributed by atoms with van der Waals surface area (Å²) in [4.78, 5) is 15.6. The van der Waals surface area contributed by atoms with Gasteiger partial charge in [0.25, 0.3) is 0 Å². The zero-order chi connectivity index (χ0) is 17.7. The van der Waals surface area contributed by atoms with Gasteiger partial charge in [-0.25, -0.2) is 9.78 Å². The molecule has 0 unspecified atom stereocenters. The predicted octanol–water partition coefficient (Wildman–Crippen LogP) is 1.68. The summed E-state index contributed by atoms with van der Waals surface area (Å²) in [6.45, 7) is 1.91. The van der Waals surface area contributed by atoms with Gasteiger partial charge in [-0.3, -0.25) is 5.10 Å². The number of methoxy groups -OCH3 is 2. The molecule has 0 amide bonds. The van der Waals surface area contributed by atoms with E-state index < -0.39 is 11.7 Å². The second-order valence-corrected chi connectivity index (χ2v) is 5.60. The molecule has 8 nitrogen and oxygen atoms in total. The van der Waals surface area contributed by atoms with Gasteiger partial charge in [-0.05, 0) is 41.3 Å². The standard InChI is InChI=1S/C15H17N3O5S/c1-4-12-16-15(18-17-12)24-11(14(20)21)7-8-5-9(22-2)13(19)10(6-8)23-3/h5-7,19H,4H2,1-3H3,(H,20,21)(H,16,17,18)/p-1/b11-7+. The third-order valence-electron chi connectivity index (χ3n) is 3.04. The zero-order valence-corrected chi connectivity index (χ0v) is 14.1. The summed E-state index contributed by atoms with van der Waals surface area (Å²) in [5.41, 5.74) is 0.458. The molecule has 128 valence electrons. The monoisotopic (exact) mass is 350 g/mol. The molecule has 2 rings (SSSR count). The molecule has 0 aliphatic carbocycles. The van der Waals surface area contributed by atoms with Crippen LogP contribution in [0.2, 0.25) is 0 Å². The first kappa shape index (κ1) is 17.7. The molecule has 1 aromatic carbocycles.